The van der Waals surface area contributed by atoms with Crippen LogP contribution in [0.25, 0.3) is 0 Å². The van der Waals surface area contributed by atoms with E-state index in [1.165, 1.54) is 0 Å². The minimum atomic E-state index is -0.870. The third kappa shape index (κ3) is 3.67. The molecule has 2 atom stereocenters. The molecule has 0 radical (unpaired) electrons. The predicted molar refractivity (Wildman–Crippen MR) is 59.5 cm³/mol. The van der Waals surface area contributed by atoms with Gasteiger partial charge in [0, 0.05) is 19.1 Å². The van der Waals surface area contributed by atoms with Gasteiger partial charge in [0.05, 0.1) is 13.0 Å². The van der Waals surface area contributed by atoms with Crippen LogP contribution in [-0.4, -0.2) is 48.8 Å². The Balaban J connectivity index is 1.83. The molecule has 6 heteroatoms. The minimum absolute atomic E-state index is 0.00342. The molecule has 1 saturated carbocycles. The van der Waals surface area contributed by atoms with Crippen molar-refractivity contribution in [3.63, 3.8) is 0 Å². The van der Waals surface area contributed by atoms with Crippen molar-refractivity contribution in [1.29, 1.82) is 0 Å². The SMILES string of the molecule is O=C(O)CC(NC(=O)C1CNCCO1)C1CC1. The maximum Gasteiger partial charge on any atom is 0.305 e. The Labute approximate surface area is 99.7 Å². The van der Waals surface area contributed by atoms with E-state index in [0.29, 0.717) is 19.1 Å². The lowest BCUT2D eigenvalue weighted by Crippen LogP contribution is -2.51. The fourth-order valence-corrected chi connectivity index (χ4v) is 2.03. The van der Waals surface area contributed by atoms with Gasteiger partial charge >= 0.3 is 5.97 Å². The van der Waals surface area contributed by atoms with E-state index < -0.39 is 12.1 Å². The van der Waals surface area contributed by atoms with Crippen LogP contribution in [0.1, 0.15) is 19.3 Å². The smallest absolute Gasteiger partial charge is 0.305 e. The first-order chi connectivity index (χ1) is 8.16. The Hall–Kier alpha value is -1.14. The third-order valence-electron chi connectivity index (χ3n) is 3.13. The number of rotatable bonds is 5. The van der Waals surface area contributed by atoms with Crippen molar-refractivity contribution in [2.24, 2.45) is 5.92 Å². The number of ether oxygens (including phenoxy) is 1. The van der Waals surface area contributed by atoms with Gasteiger partial charge in [0.25, 0.3) is 5.91 Å². The van der Waals surface area contributed by atoms with Crippen LogP contribution in [0, 0.1) is 5.92 Å². The van der Waals surface area contributed by atoms with Crippen LogP contribution in [0.5, 0.6) is 0 Å². The molecule has 1 saturated heterocycles. The van der Waals surface area contributed by atoms with E-state index >= 15 is 0 Å². The van der Waals surface area contributed by atoms with E-state index in [1.807, 2.05) is 0 Å². The highest BCUT2D eigenvalue weighted by atomic mass is 16.5. The van der Waals surface area contributed by atoms with Crippen LogP contribution < -0.4 is 10.6 Å². The number of carbonyl (C=O) groups excluding carboxylic acids is 1. The molecule has 1 aliphatic heterocycles. The number of hydrogen-bond acceptors (Lipinski definition) is 4. The fraction of sp³-hybridized carbons (Fsp3) is 0.818. The summed E-state index contributed by atoms with van der Waals surface area (Å²) in [6, 6.07) is -0.245. The second-order valence-corrected chi connectivity index (χ2v) is 4.61. The summed E-state index contributed by atoms with van der Waals surface area (Å²) in [5.74, 6) is -0.744. The van der Waals surface area contributed by atoms with Gasteiger partial charge in [0.15, 0.2) is 0 Å². The molecule has 6 nitrogen and oxygen atoms in total. The number of amides is 1. The summed E-state index contributed by atoms with van der Waals surface area (Å²) in [5, 5.41) is 14.7. The number of carbonyl (C=O) groups is 2. The molecule has 0 spiro atoms. The van der Waals surface area contributed by atoms with Gasteiger partial charge in [-0.2, -0.15) is 0 Å². The van der Waals surface area contributed by atoms with Crippen molar-refractivity contribution in [3.8, 4) is 0 Å². The summed E-state index contributed by atoms with van der Waals surface area (Å²) in [7, 11) is 0. The maximum atomic E-state index is 11.9. The van der Waals surface area contributed by atoms with Crippen LogP contribution in [0.4, 0.5) is 0 Å². The second-order valence-electron chi connectivity index (χ2n) is 4.61. The van der Waals surface area contributed by atoms with Gasteiger partial charge in [0.1, 0.15) is 6.10 Å². The van der Waals surface area contributed by atoms with Gasteiger partial charge < -0.3 is 20.5 Å². The molecule has 1 amide bonds. The van der Waals surface area contributed by atoms with E-state index in [2.05, 4.69) is 10.6 Å². The lowest BCUT2D eigenvalue weighted by molar-refractivity contribution is -0.139. The Morgan fingerprint density at radius 2 is 2.24 bits per heavy atom. The number of morpholine rings is 1. The van der Waals surface area contributed by atoms with Crippen molar-refractivity contribution >= 4 is 11.9 Å². The molecule has 1 aliphatic carbocycles. The van der Waals surface area contributed by atoms with Gasteiger partial charge in [-0.3, -0.25) is 9.59 Å². The van der Waals surface area contributed by atoms with Crippen LogP contribution in [0.15, 0.2) is 0 Å². The van der Waals surface area contributed by atoms with E-state index in [4.69, 9.17) is 9.84 Å². The zero-order valence-corrected chi connectivity index (χ0v) is 9.65. The highest BCUT2D eigenvalue weighted by Gasteiger charge is 2.35. The number of hydrogen-bond donors (Lipinski definition) is 3. The Kier molecular flexibility index (Phi) is 3.96. The van der Waals surface area contributed by atoms with Crippen LogP contribution in [0.2, 0.25) is 0 Å². The first kappa shape index (κ1) is 12.3. The highest BCUT2D eigenvalue weighted by molar-refractivity contribution is 5.82. The van der Waals surface area contributed by atoms with E-state index in [0.717, 1.165) is 19.4 Å². The zero-order chi connectivity index (χ0) is 12.3. The van der Waals surface area contributed by atoms with Gasteiger partial charge in [-0.25, -0.2) is 0 Å². The number of nitrogens with one attached hydrogen (secondary N) is 2. The number of aliphatic carboxylic acids is 1. The van der Waals surface area contributed by atoms with Crippen LogP contribution in [0.3, 0.4) is 0 Å². The van der Waals surface area contributed by atoms with E-state index in [9.17, 15) is 9.59 Å². The second kappa shape index (κ2) is 5.46. The topological polar surface area (TPSA) is 87.7 Å². The van der Waals surface area contributed by atoms with E-state index in [1.54, 1.807) is 0 Å². The van der Waals surface area contributed by atoms with Gasteiger partial charge in [0.2, 0.25) is 0 Å². The molecule has 1 heterocycles. The summed E-state index contributed by atoms with van der Waals surface area (Å²) in [4.78, 5) is 22.6. The summed E-state index contributed by atoms with van der Waals surface area (Å²) in [6.45, 7) is 1.77. The van der Waals surface area contributed by atoms with Gasteiger partial charge in [-0.15, -0.1) is 0 Å². The molecule has 2 fully saturated rings. The third-order valence-corrected chi connectivity index (χ3v) is 3.13. The molecule has 17 heavy (non-hydrogen) atoms. The Morgan fingerprint density at radius 1 is 1.47 bits per heavy atom. The Bertz CT molecular complexity index is 298. The summed E-state index contributed by atoms with van der Waals surface area (Å²) >= 11 is 0. The molecule has 0 aromatic heterocycles. The maximum absolute atomic E-state index is 11.9. The van der Waals surface area contributed by atoms with Crippen LogP contribution in [-0.2, 0) is 14.3 Å². The Morgan fingerprint density at radius 3 is 2.76 bits per heavy atom. The molecule has 2 rings (SSSR count). The van der Waals surface area contributed by atoms with Gasteiger partial charge in [-0.1, -0.05) is 0 Å². The molecule has 96 valence electrons. The molecular formula is C11H18N2O4. The predicted octanol–water partition coefficient (Wildman–Crippen LogP) is -0.656. The zero-order valence-electron chi connectivity index (χ0n) is 9.65. The van der Waals surface area contributed by atoms with E-state index in [-0.39, 0.29) is 18.4 Å². The van der Waals surface area contributed by atoms with Crippen molar-refractivity contribution in [2.75, 3.05) is 19.7 Å². The van der Waals surface area contributed by atoms with Gasteiger partial charge in [-0.05, 0) is 18.8 Å². The average molecular weight is 242 g/mol. The summed E-state index contributed by atoms with van der Waals surface area (Å²) in [5.41, 5.74) is 0. The van der Waals surface area contributed by atoms with Crippen LogP contribution >= 0.6 is 0 Å². The van der Waals surface area contributed by atoms with Crippen molar-refractivity contribution in [2.45, 2.75) is 31.4 Å². The molecular weight excluding hydrogens is 224 g/mol. The fourth-order valence-electron chi connectivity index (χ4n) is 2.03. The first-order valence-electron chi connectivity index (χ1n) is 6.01. The van der Waals surface area contributed by atoms with Crippen molar-refractivity contribution < 1.29 is 19.4 Å². The average Bonchev–Trinajstić information content (AvgIpc) is 3.12. The number of carboxylic acid groups (broad SMARTS) is 1. The highest BCUT2D eigenvalue weighted by Crippen LogP contribution is 2.34. The molecule has 0 bridgehead atoms. The molecule has 3 N–H and O–H groups in total. The molecule has 0 aromatic rings. The molecule has 0 aromatic carbocycles. The lowest BCUT2D eigenvalue weighted by Gasteiger charge is -2.25. The largest absolute Gasteiger partial charge is 0.481 e. The molecule has 2 aliphatic rings. The quantitative estimate of drug-likeness (QED) is 0.596. The van der Waals surface area contributed by atoms with Crippen molar-refractivity contribution in [3.05, 3.63) is 0 Å². The standard InChI is InChI=1S/C11H18N2O4/c14-10(15)5-8(7-1-2-7)13-11(16)9-6-12-3-4-17-9/h7-9,12H,1-6H2,(H,13,16)(H,14,15). The number of carboxylic acids is 1. The first-order valence-corrected chi connectivity index (χ1v) is 6.01. The summed E-state index contributed by atoms with van der Waals surface area (Å²) < 4.78 is 5.32. The molecule has 2 unspecified atom stereocenters. The summed E-state index contributed by atoms with van der Waals surface area (Å²) in [6.07, 6.45) is 1.51. The van der Waals surface area contributed by atoms with Crippen molar-refractivity contribution in [1.82, 2.24) is 10.6 Å². The normalized spacial score (nSPS) is 26.2. The lowest BCUT2D eigenvalue weighted by atomic mass is 10.1. The monoisotopic (exact) mass is 242 g/mol. The minimum Gasteiger partial charge on any atom is -0.481 e.